The van der Waals surface area contributed by atoms with Crippen molar-refractivity contribution in [3.63, 3.8) is 0 Å². The van der Waals surface area contributed by atoms with Crippen molar-refractivity contribution < 1.29 is 33.7 Å². The van der Waals surface area contributed by atoms with E-state index in [1.807, 2.05) is 18.2 Å². The van der Waals surface area contributed by atoms with Gasteiger partial charge in [0.2, 0.25) is 0 Å². The first kappa shape index (κ1) is 26.4. The first-order chi connectivity index (χ1) is 17.8. The van der Waals surface area contributed by atoms with E-state index in [-0.39, 0.29) is 29.2 Å². The van der Waals surface area contributed by atoms with Gasteiger partial charge in [-0.05, 0) is 41.7 Å². The molecule has 0 aliphatic heterocycles. The van der Waals surface area contributed by atoms with E-state index in [9.17, 15) is 19.1 Å². The molecule has 0 radical (unpaired) electrons. The molecule has 10 heteroatoms. The number of fused-ring (bicyclic) bond motifs is 1. The highest BCUT2D eigenvalue weighted by Crippen LogP contribution is 2.43. The molecule has 0 unspecified atom stereocenters. The Hall–Kier alpha value is -3.66. The third-order valence-electron chi connectivity index (χ3n) is 6.15. The highest BCUT2D eigenvalue weighted by atomic mass is 35.5. The summed E-state index contributed by atoms with van der Waals surface area (Å²) in [7, 11) is 0. The molecular formula is C27H26ClFN2O6. The zero-order valence-electron chi connectivity index (χ0n) is 19.7. The lowest BCUT2D eigenvalue weighted by Gasteiger charge is -2.20. The molecule has 0 aromatic heterocycles. The monoisotopic (exact) mass is 528 g/mol. The number of aliphatic carboxylic acids is 1. The number of halogens is 2. The van der Waals surface area contributed by atoms with Crippen LogP contribution in [0.1, 0.15) is 29.2 Å². The number of nitrogens with one attached hydrogen (secondary N) is 1. The van der Waals surface area contributed by atoms with Crippen LogP contribution in [0.15, 0.2) is 54.6 Å². The topological polar surface area (TPSA) is 131 Å². The summed E-state index contributed by atoms with van der Waals surface area (Å²) in [6.45, 7) is -1.03. The van der Waals surface area contributed by atoms with Gasteiger partial charge in [0.05, 0.1) is 11.6 Å². The molecule has 1 amide bonds. The molecule has 0 spiro atoms. The van der Waals surface area contributed by atoms with Crippen LogP contribution in [0.2, 0.25) is 5.02 Å². The SMILES string of the molecule is NC(=O)COc1cc(O[C@H]2CCc3c(-c4ccccc4F)cccc32)c(Cl)cc1CN[C@@H](CO)C(=O)O. The van der Waals surface area contributed by atoms with E-state index in [2.05, 4.69) is 5.32 Å². The second kappa shape index (κ2) is 11.6. The van der Waals surface area contributed by atoms with E-state index >= 15 is 0 Å². The second-order valence-corrected chi connectivity index (χ2v) is 9.01. The number of hydrogen-bond acceptors (Lipinski definition) is 6. The first-order valence-electron chi connectivity index (χ1n) is 11.6. The fourth-order valence-electron chi connectivity index (χ4n) is 4.37. The van der Waals surface area contributed by atoms with Gasteiger partial charge in [-0.3, -0.25) is 14.9 Å². The minimum atomic E-state index is -1.22. The van der Waals surface area contributed by atoms with Crippen molar-refractivity contribution >= 4 is 23.5 Å². The number of nitrogens with two attached hydrogens (primary N) is 1. The number of benzene rings is 3. The Morgan fingerprint density at radius 1 is 1.14 bits per heavy atom. The molecule has 3 aromatic carbocycles. The summed E-state index contributed by atoms with van der Waals surface area (Å²) in [6.07, 6.45) is 0.986. The third kappa shape index (κ3) is 6.02. The molecule has 37 heavy (non-hydrogen) atoms. The van der Waals surface area contributed by atoms with Crippen LogP contribution < -0.4 is 20.5 Å². The third-order valence-corrected chi connectivity index (χ3v) is 6.45. The van der Waals surface area contributed by atoms with Crippen LogP contribution in [0.5, 0.6) is 11.5 Å². The summed E-state index contributed by atoms with van der Waals surface area (Å²) in [5, 5.41) is 21.4. The van der Waals surface area contributed by atoms with Crippen LogP contribution in [-0.4, -0.2) is 41.3 Å². The van der Waals surface area contributed by atoms with Crippen molar-refractivity contribution in [2.45, 2.75) is 31.5 Å². The van der Waals surface area contributed by atoms with Crippen molar-refractivity contribution in [2.24, 2.45) is 5.73 Å². The normalized spacial score (nSPS) is 15.2. The Bertz CT molecular complexity index is 1320. The van der Waals surface area contributed by atoms with Crippen molar-refractivity contribution in [3.05, 3.63) is 82.1 Å². The van der Waals surface area contributed by atoms with Crippen molar-refractivity contribution in [1.29, 1.82) is 0 Å². The number of aliphatic hydroxyl groups excluding tert-OH is 1. The molecule has 1 aliphatic carbocycles. The first-order valence-corrected chi connectivity index (χ1v) is 12.0. The maximum absolute atomic E-state index is 14.5. The Kier molecular flexibility index (Phi) is 8.27. The van der Waals surface area contributed by atoms with Gasteiger partial charge in [-0.25, -0.2) is 4.39 Å². The molecule has 8 nitrogen and oxygen atoms in total. The number of carboxylic acid groups (broad SMARTS) is 1. The van der Waals surface area contributed by atoms with Crippen molar-refractivity contribution in [1.82, 2.24) is 5.32 Å². The summed E-state index contributed by atoms with van der Waals surface area (Å²) >= 11 is 6.51. The number of carbonyl (C=O) groups is 2. The minimum Gasteiger partial charge on any atom is -0.484 e. The summed E-state index contributed by atoms with van der Waals surface area (Å²) in [5.74, 6) is -1.68. The average Bonchev–Trinajstić information content (AvgIpc) is 3.28. The molecule has 0 bridgehead atoms. The molecule has 4 rings (SSSR count). The van der Waals surface area contributed by atoms with Crippen LogP contribution in [0.25, 0.3) is 11.1 Å². The molecule has 1 aliphatic rings. The number of primary amides is 1. The van der Waals surface area contributed by atoms with Crippen molar-refractivity contribution in [3.8, 4) is 22.6 Å². The molecule has 0 fully saturated rings. The molecule has 0 saturated heterocycles. The summed E-state index contributed by atoms with van der Waals surface area (Å²) < 4.78 is 26.3. The van der Waals surface area contributed by atoms with Crippen molar-refractivity contribution in [2.75, 3.05) is 13.2 Å². The van der Waals surface area contributed by atoms with Gasteiger partial charge < -0.3 is 25.4 Å². The Morgan fingerprint density at radius 3 is 2.59 bits per heavy atom. The van der Waals surface area contributed by atoms with Gasteiger partial charge in [-0.2, -0.15) is 0 Å². The molecule has 194 valence electrons. The van der Waals surface area contributed by atoms with Gasteiger partial charge in [0.1, 0.15) is 29.5 Å². The standard InChI is InChI=1S/C27H26ClFN2O6/c28-20-10-15(12-31-22(13-32)27(34)35)24(36-14-26(30)33)11-25(20)37-23-9-8-17-16(5-3-6-19(17)23)18-4-1-2-7-21(18)29/h1-7,10-11,22-23,31-32H,8-9,12-14H2,(H2,30,33)(H,34,35)/t22-,23-/m0/s1. The average molecular weight is 529 g/mol. The van der Waals surface area contributed by atoms with Gasteiger partial charge in [0, 0.05) is 23.7 Å². The zero-order valence-corrected chi connectivity index (χ0v) is 20.5. The fourth-order valence-corrected chi connectivity index (χ4v) is 4.61. The van der Waals surface area contributed by atoms with E-state index in [1.165, 1.54) is 12.1 Å². The van der Waals surface area contributed by atoms with Gasteiger partial charge in [0.15, 0.2) is 6.61 Å². The van der Waals surface area contributed by atoms with Gasteiger partial charge in [-0.1, -0.05) is 48.0 Å². The summed E-state index contributed by atoms with van der Waals surface area (Å²) in [5.41, 5.74) is 8.95. The molecule has 2 atom stereocenters. The zero-order chi connectivity index (χ0) is 26.5. The second-order valence-electron chi connectivity index (χ2n) is 8.60. The van der Waals surface area contributed by atoms with E-state index in [4.69, 9.17) is 31.9 Å². The lowest BCUT2D eigenvalue weighted by Crippen LogP contribution is -2.39. The number of rotatable bonds is 11. The highest BCUT2D eigenvalue weighted by molar-refractivity contribution is 6.32. The molecule has 0 saturated carbocycles. The Morgan fingerprint density at radius 2 is 1.89 bits per heavy atom. The number of carboxylic acids is 1. The largest absolute Gasteiger partial charge is 0.484 e. The fraction of sp³-hybridized carbons (Fsp3) is 0.259. The number of aliphatic hydroxyl groups is 1. The predicted molar refractivity (Wildman–Crippen MR) is 135 cm³/mol. The van der Waals surface area contributed by atoms with E-state index in [0.717, 1.165) is 16.7 Å². The van der Waals surface area contributed by atoms with Crippen LogP contribution in [-0.2, 0) is 22.6 Å². The molecule has 0 heterocycles. The smallest absolute Gasteiger partial charge is 0.323 e. The van der Waals surface area contributed by atoms with Gasteiger partial charge in [0.25, 0.3) is 5.91 Å². The Labute approximate surface area is 217 Å². The number of amides is 1. The quantitative estimate of drug-likeness (QED) is 0.299. The maximum atomic E-state index is 14.5. The van der Waals surface area contributed by atoms with Crippen LogP contribution in [0, 0.1) is 5.82 Å². The van der Waals surface area contributed by atoms with E-state index in [0.29, 0.717) is 29.7 Å². The van der Waals surface area contributed by atoms with E-state index in [1.54, 1.807) is 24.3 Å². The molecular weight excluding hydrogens is 503 g/mol. The van der Waals surface area contributed by atoms with Crippen LogP contribution >= 0.6 is 11.6 Å². The number of carbonyl (C=O) groups excluding carboxylic acids is 1. The summed E-state index contributed by atoms with van der Waals surface area (Å²) in [4.78, 5) is 22.5. The predicted octanol–water partition coefficient (Wildman–Crippen LogP) is 3.61. The summed E-state index contributed by atoms with van der Waals surface area (Å²) in [6, 6.07) is 14.2. The lowest BCUT2D eigenvalue weighted by atomic mass is 9.96. The minimum absolute atomic E-state index is 0.0100. The highest BCUT2D eigenvalue weighted by Gasteiger charge is 2.28. The van der Waals surface area contributed by atoms with Gasteiger partial charge in [-0.15, -0.1) is 0 Å². The van der Waals surface area contributed by atoms with Crippen LogP contribution in [0.4, 0.5) is 4.39 Å². The molecule has 3 aromatic rings. The number of ether oxygens (including phenoxy) is 2. The van der Waals surface area contributed by atoms with Gasteiger partial charge >= 0.3 is 5.97 Å². The van der Waals surface area contributed by atoms with Crippen LogP contribution in [0.3, 0.4) is 0 Å². The number of hydrogen-bond donors (Lipinski definition) is 4. The lowest BCUT2D eigenvalue weighted by molar-refractivity contribution is -0.140. The molecule has 5 N–H and O–H groups in total. The maximum Gasteiger partial charge on any atom is 0.323 e. The van der Waals surface area contributed by atoms with E-state index < -0.39 is 31.1 Å². The Balaban J connectivity index is 1.61.